The van der Waals surface area contributed by atoms with Crippen molar-refractivity contribution in [1.29, 1.82) is 0 Å². The molecule has 1 aromatic carbocycles. The summed E-state index contributed by atoms with van der Waals surface area (Å²) in [6, 6.07) is 9.57. The molecule has 0 fully saturated rings. The number of allylic oxidation sites excluding steroid dienone is 1. The van der Waals surface area contributed by atoms with E-state index in [4.69, 9.17) is 4.74 Å². The third kappa shape index (κ3) is 3.91. The third-order valence-electron chi connectivity index (χ3n) is 6.45. The molecule has 7 heteroatoms. The van der Waals surface area contributed by atoms with E-state index in [0.717, 1.165) is 22.5 Å². The molecule has 1 unspecified atom stereocenters. The summed E-state index contributed by atoms with van der Waals surface area (Å²) in [7, 11) is 3.36. The number of fused-ring (bicyclic) bond motifs is 1. The molecular weight excluding hydrogens is 434 g/mol. The van der Waals surface area contributed by atoms with Gasteiger partial charge in [-0.05, 0) is 55.5 Å². The summed E-state index contributed by atoms with van der Waals surface area (Å²) < 4.78 is 9.40. The summed E-state index contributed by atoms with van der Waals surface area (Å²) in [4.78, 5) is 31.6. The van der Waals surface area contributed by atoms with Crippen molar-refractivity contribution < 1.29 is 9.53 Å². The summed E-state index contributed by atoms with van der Waals surface area (Å²) in [6.45, 7) is 10.1. The number of hydrogen-bond acceptors (Lipinski definition) is 5. The highest BCUT2D eigenvalue weighted by Crippen LogP contribution is 2.31. The van der Waals surface area contributed by atoms with E-state index in [1.54, 1.807) is 11.5 Å². The van der Waals surface area contributed by atoms with Crippen molar-refractivity contribution in [2.24, 2.45) is 12.0 Å². The Labute approximate surface area is 197 Å². The topological polar surface area (TPSA) is 65.6 Å². The van der Waals surface area contributed by atoms with Gasteiger partial charge in [-0.25, -0.2) is 9.79 Å². The van der Waals surface area contributed by atoms with Crippen molar-refractivity contribution in [2.75, 3.05) is 7.11 Å². The predicted molar refractivity (Wildman–Crippen MR) is 131 cm³/mol. The molecule has 1 atom stereocenters. The fourth-order valence-electron chi connectivity index (χ4n) is 4.24. The summed E-state index contributed by atoms with van der Waals surface area (Å²) in [6.07, 6.45) is 1.92. The number of nitrogens with zero attached hydrogens (tertiary/aromatic N) is 3. The molecule has 0 bridgehead atoms. The van der Waals surface area contributed by atoms with Crippen LogP contribution in [-0.4, -0.2) is 22.2 Å². The first-order valence-electron chi connectivity index (χ1n) is 11.0. The van der Waals surface area contributed by atoms with Gasteiger partial charge in [-0.1, -0.05) is 49.4 Å². The van der Waals surface area contributed by atoms with Gasteiger partial charge >= 0.3 is 5.97 Å². The fourth-order valence-corrected chi connectivity index (χ4v) is 5.28. The van der Waals surface area contributed by atoms with Crippen LogP contribution in [-0.2, 0) is 16.6 Å². The molecule has 33 heavy (non-hydrogen) atoms. The smallest absolute Gasteiger partial charge is 0.338 e. The Balaban J connectivity index is 1.96. The second-order valence-electron chi connectivity index (χ2n) is 8.78. The molecule has 172 valence electrons. The van der Waals surface area contributed by atoms with Crippen LogP contribution < -0.4 is 14.9 Å². The van der Waals surface area contributed by atoms with E-state index >= 15 is 0 Å². The first kappa shape index (κ1) is 23.0. The number of hydrogen-bond donors (Lipinski definition) is 0. The Morgan fingerprint density at radius 3 is 2.39 bits per heavy atom. The quantitative estimate of drug-likeness (QED) is 0.557. The molecule has 3 heterocycles. The lowest BCUT2D eigenvalue weighted by molar-refractivity contribution is -0.136. The third-order valence-corrected chi connectivity index (χ3v) is 7.43. The molecule has 0 N–H and O–H groups in total. The van der Waals surface area contributed by atoms with E-state index < -0.39 is 12.0 Å². The first-order chi connectivity index (χ1) is 15.6. The highest BCUT2D eigenvalue weighted by Gasteiger charge is 2.33. The number of methoxy groups -OCH3 is 1. The van der Waals surface area contributed by atoms with Crippen LogP contribution in [0.2, 0.25) is 0 Å². The molecule has 1 aliphatic heterocycles. The van der Waals surface area contributed by atoms with Crippen molar-refractivity contribution in [3.63, 3.8) is 0 Å². The zero-order valence-electron chi connectivity index (χ0n) is 20.1. The van der Waals surface area contributed by atoms with E-state index in [9.17, 15) is 9.59 Å². The van der Waals surface area contributed by atoms with Gasteiger partial charge in [0.25, 0.3) is 5.56 Å². The van der Waals surface area contributed by atoms with E-state index in [2.05, 4.69) is 41.6 Å². The van der Waals surface area contributed by atoms with Gasteiger partial charge in [0.1, 0.15) is 0 Å². The summed E-state index contributed by atoms with van der Waals surface area (Å²) in [5.41, 5.74) is 6.06. The normalized spacial score (nSPS) is 16.2. The molecule has 3 aromatic rings. The van der Waals surface area contributed by atoms with E-state index in [1.165, 1.54) is 24.0 Å². The predicted octanol–water partition coefficient (Wildman–Crippen LogP) is 3.49. The second-order valence-corrected chi connectivity index (χ2v) is 9.79. The van der Waals surface area contributed by atoms with Gasteiger partial charge in [-0.3, -0.25) is 9.36 Å². The Hall–Kier alpha value is -3.19. The van der Waals surface area contributed by atoms with Crippen LogP contribution in [0.1, 0.15) is 60.8 Å². The molecular formula is C26H29N3O3S. The minimum Gasteiger partial charge on any atom is -0.466 e. The number of rotatable bonds is 4. The maximum Gasteiger partial charge on any atom is 0.338 e. The number of aromatic nitrogens is 2. The van der Waals surface area contributed by atoms with Gasteiger partial charge in [-0.15, -0.1) is 0 Å². The van der Waals surface area contributed by atoms with Gasteiger partial charge in [0.05, 0.1) is 29.0 Å². The summed E-state index contributed by atoms with van der Waals surface area (Å²) in [5, 5.41) is 0. The zero-order valence-corrected chi connectivity index (χ0v) is 20.9. The fraction of sp³-hybridized carbons (Fsp3) is 0.346. The first-order valence-corrected chi connectivity index (χ1v) is 11.8. The highest BCUT2D eigenvalue weighted by atomic mass is 32.1. The highest BCUT2D eigenvalue weighted by molar-refractivity contribution is 7.07. The lowest BCUT2D eigenvalue weighted by atomic mass is 9.93. The number of carbonyl (C=O) groups is 1. The number of carbonyl (C=O) groups excluding carboxylic acids is 1. The Kier molecular flexibility index (Phi) is 6.01. The number of thiazole rings is 1. The lowest BCUT2D eigenvalue weighted by Gasteiger charge is -2.24. The average molecular weight is 464 g/mol. The minimum atomic E-state index is -0.587. The van der Waals surface area contributed by atoms with Crippen molar-refractivity contribution >= 4 is 23.4 Å². The van der Waals surface area contributed by atoms with Crippen LogP contribution in [0.4, 0.5) is 0 Å². The second kappa shape index (κ2) is 8.63. The van der Waals surface area contributed by atoms with Gasteiger partial charge < -0.3 is 9.30 Å². The summed E-state index contributed by atoms with van der Waals surface area (Å²) in [5.74, 6) is -0.0889. The average Bonchev–Trinajstić information content (AvgIpc) is 3.22. The molecule has 1 aliphatic rings. The van der Waals surface area contributed by atoms with Gasteiger partial charge in [0.2, 0.25) is 0 Å². The monoisotopic (exact) mass is 463 g/mol. The number of ether oxygens (including phenoxy) is 1. The largest absolute Gasteiger partial charge is 0.466 e. The maximum atomic E-state index is 13.6. The number of esters is 1. The minimum absolute atomic E-state index is 0.161. The van der Waals surface area contributed by atoms with Gasteiger partial charge in [0.15, 0.2) is 4.80 Å². The van der Waals surface area contributed by atoms with Crippen molar-refractivity contribution in [2.45, 2.75) is 46.6 Å². The van der Waals surface area contributed by atoms with E-state index in [1.807, 2.05) is 39.1 Å². The van der Waals surface area contributed by atoms with Crippen molar-refractivity contribution in [3.05, 3.63) is 89.4 Å². The SMILES string of the molecule is COC(=O)C1=C(C)N=c2sc(=Cc3cc(C)n(C)c3C)c(=O)n2C1c1ccc(C(C)C)cc1. The molecule has 6 nitrogen and oxygen atoms in total. The molecule has 0 radical (unpaired) electrons. The van der Waals surface area contributed by atoms with Crippen LogP contribution in [0.5, 0.6) is 0 Å². The molecule has 2 aromatic heterocycles. The van der Waals surface area contributed by atoms with E-state index in [-0.39, 0.29) is 5.56 Å². The van der Waals surface area contributed by atoms with Gasteiger partial charge in [0, 0.05) is 18.4 Å². The Bertz CT molecular complexity index is 1450. The van der Waals surface area contributed by atoms with E-state index in [0.29, 0.717) is 26.5 Å². The van der Waals surface area contributed by atoms with Crippen LogP contribution >= 0.6 is 11.3 Å². The number of benzene rings is 1. The Morgan fingerprint density at radius 1 is 1.18 bits per heavy atom. The van der Waals surface area contributed by atoms with Crippen molar-refractivity contribution in [3.8, 4) is 0 Å². The van der Waals surface area contributed by atoms with Crippen LogP contribution in [0.15, 0.2) is 51.4 Å². The zero-order chi connectivity index (χ0) is 24.0. The molecule has 0 aliphatic carbocycles. The molecule has 0 spiro atoms. The number of aryl methyl sites for hydroxylation is 1. The van der Waals surface area contributed by atoms with Crippen molar-refractivity contribution in [1.82, 2.24) is 9.13 Å². The molecule has 0 amide bonds. The van der Waals surface area contributed by atoms with Crippen LogP contribution in [0.25, 0.3) is 6.08 Å². The molecule has 0 saturated heterocycles. The lowest BCUT2D eigenvalue weighted by Crippen LogP contribution is -2.39. The molecule has 0 saturated carbocycles. The summed E-state index contributed by atoms with van der Waals surface area (Å²) >= 11 is 1.34. The standard InChI is InChI=1S/C26H29N3O3S/c1-14(2)18-8-10-19(11-9-18)23-22(25(31)32-7)16(4)27-26-29(23)24(30)21(33-26)13-20-12-15(3)28(6)17(20)5/h8-14,23H,1-7H3. The van der Waals surface area contributed by atoms with Crippen LogP contribution in [0, 0.1) is 13.8 Å². The Morgan fingerprint density at radius 2 is 1.85 bits per heavy atom. The maximum absolute atomic E-state index is 13.6. The van der Waals surface area contributed by atoms with Crippen LogP contribution in [0.3, 0.4) is 0 Å². The molecule has 4 rings (SSSR count). The van der Waals surface area contributed by atoms with Gasteiger partial charge in [-0.2, -0.15) is 0 Å².